The van der Waals surface area contributed by atoms with Crippen LogP contribution in [0.3, 0.4) is 0 Å². The standard InChI is InChI=1S/C23H25N5O2S/c1-5-30-22(29)19-15(3)27-23(28-20(19)16-9-7-6-8-10-16)31-21-18(12-24)17(13-25-4)11-14(2)26-21/h6-11,20,25H,5,13H2,1-4H3,(H,27,28). The molecular formula is C23H25N5O2S. The number of pyridine rings is 1. The number of hydrogen-bond acceptors (Lipinski definition) is 8. The van der Waals surface area contributed by atoms with Gasteiger partial charge in [-0.15, -0.1) is 0 Å². The number of amidine groups is 1. The van der Waals surface area contributed by atoms with Gasteiger partial charge in [0.15, 0.2) is 5.17 Å². The first kappa shape index (κ1) is 22.5. The van der Waals surface area contributed by atoms with Crippen LogP contribution in [-0.2, 0) is 16.1 Å². The predicted molar refractivity (Wildman–Crippen MR) is 121 cm³/mol. The van der Waals surface area contributed by atoms with Gasteiger partial charge >= 0.3 is 5.97 Å². The topological polar surface area (TPSA) is 99.4 Å². The minimum atomic E-state index is -0.504. The molecule has 160 valence electrons. The number of esters is 1. The number of nitrogens with one attached hydrogen (secondary N) is 2. The Bertz CT molecular complexity index is 1070. The maximum absolute atomic E-state index is 12.7. The summed E-state index contributed by atoms with van der Waals surface area (Å²) in [6.45, 7) is 6.37. The van der Waals surface area contributed by atoms with Crippen LogP contribution in [0.25, 0.3) is 0 Å². The smallest absolute Gasteiger partial charge is 0.338 e. The molecular weight excluding hydrogens is 410 g/mol. The van der Waals surface area contributed by atoms with E-state index in [2.05, 4.69) is 21.7 Å². The third-order valence-corrected chi connectivity index (χ3v) is 5.59. The van der Waals surface area contributed by atoms with Crippen molar-refractivity contribution in [2.75, 3.05) is 13.7 Å². The molecule has 31 heavy (non-hydrogen) atoms. The van der Waals surface area contributed by atoms with Crippen molar-refractivity contribution in [1.82, 2.24) is 15.6 Å². The zero-order chi connectivity index (χ0) is 22.4. The Kier molecular flexibility index (Phi) is 7.45. The van der Waals surface area contributed by atoms with Crippen molar-refractivity contribution < 1.29 is 9.53 Å². The minimum Gasteiger partial charge on any atom is -0.463 e. The molecule has 0 saturated carbocycles. The molecule has 0 aliphatic carbocycles. The Balaban J connectivity index is 2.02. The first-order chi connectivity index (χ1) is 15.0. The molecule has 0 spiro atoms. The van der Waals surface area contributed by atoms with Gasteiger partial charge in [0.25, 0.3) is 0 Å². The summed E-state index contributed by atoms with van der Waals surface area (Å²) in [6.07, 6.45) is 0. The lowest BCUT2D eigenvalue weighted by molar-refractivity contribution is -0.138. The Labute approximate surface area is 186 Å². The van der Waals surface area contributed by atoms with Crippen LogP contribution >= 0.6 is 11.8 Å². The van der Waals surface area contributed by atoms with Crippen LogP contribution < -0.4 is 10.6 Å². The van der Waals surface area contributed by atoms with E-state index >= 15 is 0 Å². The molecule has 0 amide bonds. The van der Waals surface area contributed by atoms with E-state index in [0.717, 1.165) is 16.8 Å². The summed E-state index contributed by atoms with van der Waals surface area (Å²) in [5.74, 6) is -0.392. The molecule has 2 aromatic rings. The van der Waals surface area contributed by atoms with Gasteiger partial charge in [-0.2, -0.15) is 5.26 Å². The van der Waals surface area contributed by atoms with Gasteiger partial charge in [0.2, 0.25) is 0 Å². The van der Waals surface area contributed by atoms with Crippen LogP contribution in [0, 0.1) is 18.3 Å². The number of hydrogen-bond donors (Lipinski definition) is 2. The number of aromatic nitrogens is 1. The Morgan fingerprint density at radius 3 is 2.71 bits per heavy atom. The highest BCUT2D eigenvalue weighted by Gasteiger charge is 2.31. The molecule has 1 aromatic heterocycles. The maximum atomic E-state index is 12.7. The van der Waals surface area contributed by atoms with Crippen LogP contribution in [0.1, 0.15) is 42.3 Å². The van der Waals surface area contributed by atoms with E-state index < -0.39 is 12.0 Å². The van der Waals surface area contributed by atoms with Gasteiger partial charge in [-0.05, 0) is 56.8 Å². The minimum absolute atomic E-state index is 0.287. The monoisotopic (exact) mass is 435 g/mol. The van der Waals surface area contributed by atoms with E-state index in [1.54, 1.807) is 6.92 Å². The van der Waals surface area contributed by atoms with E-state index in [1.165, 1.54) is 11.8 Å². The number of benzene rings is 1. The molecule has 0 bridgehead atoms. The third kappa shape index (κ3) is 5.13. The average Bonchev–Trinajstić information content (AvgIpc) is 2.74. The number of ether oxygens (including phenoxy) is 1. The van der Waals surface area contributed by atoms with Gasteiger partial charge in [-0.3, -0.25) is 0 Å². The number of nitrogens with zero attached hydrogens (tertiary/aromatic N) is 3. The van der Waals surface area contributed by atoms with Gasteiger partial charge in [-0.1, -0.05) is 30.3 Å². The summed E-state index contributed by atoms with van der Waals surface area (Å²) < 4.78 is 5.28. The largest absolute Gasteiger partial charge is 0.463 e. The number of carbonyl (C=O) groups is 1. The van der Waals surface area contributed by atoms with Crippen molar-refractivity contribution in [3.05, 3.63) is 70.1 Å². The number of allylic oxidation sites excluding steroid dienone is 1. The SMILES string of the molecule is CCOC(=O)C1=C(C)NC(Sc2nc(C)cc(CNC)c2C#N)=NC1c1ccccc1. The van der Waals surface area contributed by atoms with E-state index in [4.69, 9.17) is 9.73 Å². The first-order valence-corrected chi connectivity index (χ1v) is 10.8. The van der Waals surface area contributed by atoms with Crippen molar-refractivity contribution in [2.45, 2.75) is 38.4 Å². The maximum Gasteiger partial charge on any atom is 0.338 e. The second-order valence-corrected chi connectivity index (χ2v) is 7.96. The number of aryl methyl sites for hydroxylation is 1. The zero-order valence-corrected chi connectivity index (χ0v) is 18.8. The van der Waals surface area contributed by atoms with Crippen molar-refractivity contribution in [2.24, 2.45) is 4.99 Å². The van der Waals surface area contributed by atoms with Gasteiger partial charge in [0.1, 0.15) is 17.1 Å². The third-order valence-electron chi connectivity index (χ3n) is 4.70. The fraction of sp³-hybridized carbons (Fsp3) is 0.304. The van der Waals surface area contributed by atoms with Crippen molar-refractivity contribution >= 4 is 22.9 Å². The molecule has 0 saturated heterocycles. The summed E-state index contributed by atoms with van der Waals surface area (Å²) in [5.41, 5.74) is 4.26. The van der Waals surface area contributed by atoms with Crippen LogP contribution in [0.5, 0.6) is 0 Å². The Morgan fingerprint density at radius 1 is 1.32 bits per heavy atom. The van der Waals surface area contributed by atoms with Crippen molar-refractivity contribution in [3.63, 3.8) is 0 Å². The summed E-state index contributed by atoms with van der Waals surface area (Å²) in [4.78, 5) is 22.0. The second kappa shape index (κ2) is 10.2. The van der Waals surface area contributed by atoms with Crippen LogP contribution in [0.2, 0.25) is 0 Å². The number of carbonyl (C=O) groups excluding carboxylic acids is 1. The molecule has 1 aromatic carbocycles. The van der Waals surface area contributed by atoms with E-state index in [-0.39, 0.29) is 6.61 Å². The molecule has 8 heteroatoms. The van der Waals surface area contributed by atoms with Crippen LogP contribution in [-0.4, -0.2) is 29.8 Å². The second-order valence-electron chi connectivity index (χ2n) is 6.98. The van der Waals surface area contributed by atoms with Gasteiger partial charge in [-0.25, -0.2) is 14.8 Å². The highest BCUT2D eigenvalue weighted by Crippen LogP contribution is 2.35. The van der Waals surface area contributed by atoms with Gasteiger partial charge in [0, 0.05) is 17.9 Å². The molecule has 0 radical (unpaired) electrons. The van der Waals surface area contributed by atoms with E-state index in [1.807, 2.05) is 57.3 Å². The quantitative estimate of drug-likeness (QED) is 0.669. The van der Waals surface area contributed by atoms with Gasteiger partial charge < -0.3 is 15.4 Å². The number of rotatable bonds is 6. The summed E-state index contributed by atoms with van der Waals surface area (Å²) >= 11 is 1.29. The molecule has 1 aliphatic heterocycles. The Hall–Kier alpha value is -3.15. The lowest BCUT2D eigenvalue weighted by Gasteiger charge is -2.26. The van der Waals surface area contributed by atoms with E-state index in [9.17, 15) is 10.1 Å². The predicted octanol–water partition coefficient (Wildman–Crippen LogP) is 3.61. The summed E-state index contributed by atoms with van der Waals surface area (Å²) in [5, 5.41) is 17.2. The lowest BCUT2D eigenvalue weighted by atomic mass is 9.97. The Morgan fingerprint density at radius 2 is 2.06 bits per heavy atom. The lowest BCUT2D eigenvalue weighted by Crippen LogP contribution is -2.30. The fourth-order valence-corrected chi connectivity index (χ4v) is 4.39. The number of thioether (sulfide) groups is 1. The molecule has 2 N–H and O–H groups in total. The zero-order valence-electron chi connectivity index (χ0n) is 18.0. The van der Waals surface area contributed by atoms with Crippen molar-refractivity contribution in [1.29, 1.82) is 5.26 Å². The normalized spacial score (nSPS) is 15.7. The van der Waals surface area contributed by atoms with Crippen molar-refractivity contribution in [3.8, 4) is 6.07 Å². The van der Waals surface area contributed by atoms with Crippen LogP contribution in [0.15, 0.2) is 57.7 Å². The molecule has 1 atom stereocenters. The summed E-state index contributed by atoms with van der Waals surface area (Å²) in [6, 6.07) is 13.3. The molecule has 1 unspecified atom stereocenters. The number of aliphatic imine (C=N–C) groups is 1. The molecule has 3 rings (SSSR count). The molecule has 7 nitrogen and oxygen atoms in total. The average molecular weight is 436 g/mol. The first-order valence-electron chi connectivity index (χ1n) is 9.99. The summed E-state index contributed by atoms with van der Waals surface area (Å²) in [7, 11) is 1.84. The van der Waals surface area contributed by atoms with Crippen LogP contribution in [0.4, 0.5) is 0 Å². The van der Waals surface area contributed by atoms with E-state index in [0.29, 0.717) is 33.6 Å². The fourth-order valence-electron chi connectivity index (χ4n) is 3.37. The highest BCUT2D eigenvalue weighted by molar-refractivity contribution is 8.13. The molecule has 0 fully saturated rings. The highest BCUT2D eigenvalue weighted by atomic mass is 32.2. The van der Waals surface area contributed by atoms with Gasteiger partial charge in [0.05, 0.1) is 17.7 Å². The molecule has 2 heterocycles. The number of nitriles is 1. The molecule has 1 aliphatic rings.